The normalized spacial score (nSPS) is 16.4. The molecule has 128 valence electrons. The Bertz CT molecular complexity index is 1190. The van der Waals surface area contributed by atoms with Crippen molar-refractivity contribution in [2.45, 2.75) is 25.9 Å². The molecular formula is C23H18O3. The molecule has 0 saturated heterocycles. The first-order valence-corrected chi connectivity index (χ1v) is 8.92. The summed E-state index contributed by atoms with van der Waals surface area (Å²) in [6, 6.07) is 20.0. The van der Waals surface area contributed by atoms with Crippen LogP contribution in [-0.4, -0.2) is 0 Å². The quantitative estimate of drug-likeness (QED) is 0.347. The Morgan fingerprint density at radius 3 is 2.46 bits per heavy atom. The molecule has 3 heteroatoms. The Balaban J connectivity index is 1.72. The first-order valence-electron chi connectivity index (χ1n) is 8.92. The van der Waals surface area contributed by atoms with E-state index in [1.165, 1.54) is 11.1 Å². The second-order valence-corrected chi connectivity index (χ2v) is 6.86. The second-order valence-electron chi connectivity index (χ2n) is 6.86. The molecule has 0 radical (unpaired) electrons. The number of rotatable bonds is 1. The van der Waals surface area contributed by atoms with Crippen LogP contribution in [0.15, 0.2) is 69.9 Å². The summed E-state index contributed by atoms with van der Waals surface area (Å²) in [7, 11) is 0. The lowest BCUT2D eigenvalue weighted by molar-refractivity contribution is 0.175. The lowest BCUT2D eigenvalue weighted by Gasteiger charge is -2.28. The van der Waals surface area contributed by atoms with Gasteiger partial charge in [0.05, 0.1) is 5.39 Å². The van der Waals surface area contributed by atoms with Gasteiger partial charge in [-0.2, -0.15) is 0 Å². The maximum absolute atomic E-state index is 12.4. The van der Waals surface area contributed by atoms with Gasteiger partial charge in [-0.25, -0.2) is 4.79 Å². The minimum atomic E-state index is -0.299. The van der Waals surface area contributed by atoms with E-state index in [0.29, 0.717) is 11.0 Å². The van der Waals surface area contributed by atoms with E-state index in [9.17, 15) is 4.79 Å². The Hall–Kier alpha value is -3.07. The van der Waals surface area contributed by atoms with Crippen molar-refractivity contribution in [2.24, 2.45) is 0 Å². The maximum atomic E-state index is 12.4. The van der Waals surface area contributed by atoms with E-state index >= 15 is 0 Å². The van der Waals surface area contributed by atoms with Crippen molar-refractivity contribution < 1.29 is 9.15 Å². The molecule has 1 aromatic heterocycles. The van der Waals surface area contributed by atoms with Gasteiger partial charge in [-0.1, -0.05) is 48.5 Å². The lowest BCUT2D eigenvalue weighted by Crippen LogP contribution is -2.16. The Labute approximate surface area is 150 Å². The number of benzene rings is 3. The van der Waals surface area contributed by atoms with Gasteiger partial charge in [0.15, 0.2) is 0 Å². The molecule has 3 nitrogen and oxygen atoms in total. The highest BCUT2D eigenvalue weighted by atomic mass is 16.5. The highest BCUT2D eigenvalue weighted by molar-refractivity contribution is 6.06. The van der Waals surface area contributed by atoms with Gasteiger partial charge in [0, 0.05) is 10.9 Å². The van der Waals surface area contributed by atoms with Crippen LogP contribution in [0.2, 0.25) is 0 Å². The maximum Gasteiger partial charge on any atom is 0.344 e. The van der Waals surface area contributed by atoms with Gasteiger partial charge >= 0.3 is 5.63 Å². The summed E-state index contributed by atoms with van der Waals surface area (Å²) < 4.78 is 12.0. The van der Waals surface area contributed by atoms with Crippen LogP contribution in [-0.2, 0) is 6.42 Å². The lowest BCUT2D eigenvalue weighted by atomic mass is 9.93. The third kappa shape index (κ3) is 2.24. The van der Waals surface area contributed by atoms with E-state index < -0.39 is 0 Å². The summed E-state index contributed by atoms with van der Waals surface area (Å²) in [4.78, 5) is 12.4. The average molecular weight is 342 g/mol. The van der Waals surface area contributed by atoms with Gasteiger partial charge in [0.25, 0.3) is 0 Å². The van der Waals surface area contributed by atoms with Crippen LogP contribution in [0.3, 0.4) is 0 Å². The zero-order valence-electron chi connectivity index (χ0n) is 14.5. The first kappa shape index (κ1) is 15.2. The van der Waals surface area contributed by atoms with E-state index in [1.807, 2.05) is 49.4 Å². The largest absolute Gasteiger partial charge is 0.485 e. The SMILES string of the molecule is Cc1c2c(cc3c1oc(=O)c1ccccc13)CC[C@H](c1ccccc1)O2. The molecule has 0 unspecified atom stereocenters. The van der Waals surface area contributed by atoms with Crippen LogP contribution in [0.5, 0.6) is 5.75 Å². The molecule has 2 heterocycles. The van der Waals surface area contributed by atoms with Crippen LogP contribution < -0.4 is 10.4 Å². The third-order valence-corrected chi connectivity index (χ3v) is 5.28. The molecule has 0 bridgehead atoms. The molecular weight excluding hydrogens is 324 g/mol. The molecule has 26 heavy (non-hydrogen) atoms. The highest BCUT2D eigenvalue weighted by Crippen LogP contribution is 2.41. The predicted octanol–water partition coefficient (Wildman–Crippen LogP) is 5.32. The number of aryl methyl sites for hydroxylation is 2. The van der Waals surface area contributed by atoms with Gasteiger partial charge in [0.2, 0.25) is 0 Å². The zero-order chi connectivity index (χ0) is 17.7. The topological polar surface area (TPSA) is 39.4 Å². The molecule has 3 aromatic carbocycles. The van der Waals surface area contributed by atoms with Crippen molar-refractivity contribution in [2.75, 3.05) is 0 Å². The Morgan fingerprint density at radius 2 is 1.65 bits per heavy atom. The minimum Gasteiger partial charge on any atom is -0.485 e. The van der Waals surface area contributed by atoms with Crippen molar-refractivity contribution in [3.63, 3.8) is 0 Å². The van der Waals surface area contributed by atoms with Crippen LogP contribution in [0.4, 0.5) is 0 Å². The van der Waals surface area contributed by atoms with E-state index in [4.69, 9.17) is 9.15 Å². The number of fused-ring (bicyclic) bond motifs is 4. The molecule has 0 fully saturated rings. The summed E-state index contributed by atoms with van der Waals surface area (Å²) in [6.07, 6.45) is 1.92. The fourth-order valence-electron chi connectivity index (χ4n) is 3.97. The molecule has 0 aliphatic carbocycles. The molecule has 1 atom stereocenters. The Morgan fingerprint density at radius 1 is 0.923 bits per heavy atom. The van der Waals surface area contributed by atoms with Crippen molar-refractivity contribution in [1.82, 2.24) is 0 Å². The van der Waals surface area contributed by atoms with Crippen LogP contribution in [0.25, 0.3) is 21.7 Å². The molecule has 1 aliphatic rings. The standard InChI is InChI=1S/C23H18O3/c1-14-21-16(11-12-20(25-21)15-7-3-2-4-8-15)13-19-17-9-5-6-10-18(17)23(24)26-22(14)19/h2-10,13,20H,11-12H2,1H3/t20-/m1/s1. The molecule has 0 N–H and O–H groups in total. The fourth-order valence-corrected chi connectivity index (χ4v) is 3.97. The molecule has 0 amide bonds. The zero-order valence-corrected chi connectivity index (χ0v) is 14.5. The van der Waals surface area contributed by atoms with E-state index in [1.54, 1.807) is 0 Å². The smallest absolute Gasteiger partial charge is 0.344 e. The first-order chi connectivity index (χ1) is 12.7. The van der Waals surface area contributed by atoms with Gasteiger partial charge in [0.1, 0.15) is 17.4 Å². The summed E-state index contributed by atoms with van der Waals surface area (Å²) in [6.45, 7) is 1.98. The van der Waals surface area contributed by atoms with Crippen LogP contribution in [0.1, 0.15) is 29.2 Å². The predicted molar refractivity (Wildman–Crippen MR) is 103 cm³/mol. The number of ether oxygens (including phenoxy) is 1. The van der Waals surface area contributed by atoms with E-state index in [0.717, 1.165) is 34.9 Å². The van der Waals surface area contributed by atoms with Crippen molar-refractivity contribution in [1.29, 1.82) is 0 Å². The molecule has 0 spiro atoms. The third-order valence-electron chi connectivity index (χ3n) is 5.28. The molecule has 5 rings (SSSR count). The summed E-state index contributed by atoms with van der Waals surface area (Å²) in [5.74, 6) is 0.857. The monoisotopic (exact) mass is 342 g/mol. The summed E-state index contributed by atoms with van der Waals surface area (Å²) in [5.41, 5.74) is 3.59. The van der Waals surface area contributed by atoms with Gasteiger partial charge in [-0.15, -0.1) is 0 Å². The van der Waals surface area contributed by atoms with Crippen LogP contribution >= 0.6 is 0 Å². The van der Waals surface area contributed by atoms with Crippen molar-refractivity contribution >= 4 is 21.7 Å². The number of hydrogen-bond acceptors (Lipinski definition) is 3. The average Bonchev–Trinajstić information content (AvgIpc) is 2.70. The minimum absolute atomic E-state index is 0.0343. The summed E-state index contributed by atoms with van der Waals surface area (Å²) in [5, 5.41) is 2.55. The van der Waals surface area contributed by atoms with Gasteiger partial charge in [-0.3, -0.25) is 0 Å². The van der Waals surface area contributed by atoms with Gasteiger partial charge in [-0.05, 0) is 48.4 Å². The van der Waals surface area contributed by atoms with E-state index in [2.05, 4.69) is 18.2 Å². The molecule has 0 saturated carbocycles. The van der Waals surface area contributed by atoms with E-state index in [-0.39, 0.29) is 11.7 Å². The number of hydrogen-bond donors (Lipinski definition) is 0. The second kappa shape index (κ2) is 5.73. The van der Waals surface area contributed by atoms with Crippen molar-refractivity contribution in [3.8, 4) is 5.75 Å². The highest BCUT2D eigenvalue weighted by Gasteiger charge is 2.25. The van der Waals surface area contributed by atoms with Crippen LogP contribution in [0, 0.1) is 6.92 Å². The summed E-state index contributed by atoms with van der Waals surface area (Å²) >= 11 is 0. The Kier molecular flexibility index (Phi) is 3.35. The molecule has 1 aliphatic heterocycles. The fraction of sp³-hybridized carbons (Fsp3) is 0.174. The van der Waals surface area contributed by atoms with Crippen molar-refractivity contribution in [3.05, 3.63) is 87.8 Å². The van der Waals surface area contributed by atoms with Gasteiger partial charge < -0.3 is 9.15 Å². The molecule has 4 aromatic rings.